The molecule has 0 aliphatic rings. The molecule has 0 aromatic heterocycles. The van der Waals surface area contributed by atoms with E-state index in [0.717, 1.165) is 21.2 Å². The highest BCUT2D eigenvalue weighted by atomic mass is 79.9. The van der Waals surface area contributed by atoms with Crippen molar-refractivity contribution in [2.24, 2.45) is 0 Å². The third-order valence-corrected chi connectivity index (χ3v) is 5.19. The summed E-state index contributed by atoms with van der Waals surface area (Å²) in [6, 6.07) is 19.0. The minimum atomic E-state index is -0.250. The van der Waals surface area contributed by atoms with Crippen molar-refractivity contribution in [1.29, 1.82) is 0 Å². The number of nitrogens with one attached hydrogen (secondary N) is 1. The molecule has 3 rings (SSSR count). The van der Waals surface area contributed by atoms with Crippen LogP contribution in [0.25, 0.3) is 6.08 Å². The van der Waals surface area contributed by atoms with Crippen molar-refractivity contribution >= 4 is 45.2 Å². The third-order valence-electron chi connectivity index (χ3n) is 4.36. The van der Waals surface area contributed by atoms with Crippen LogP contribution in [0.5, 0.6) is 11.5 Å². The van der Waals surface area contributed by atoms with E-state index in [1.807, 2.05) is 55.5 Å². The van der Waals surface area contributed by atoms with Crippen LogP contribution < -0.4 is 14.8 Å². The summed E-state index contributed by atoms with van der Waals surface area (Å²) in [5, 5.41) is 3.41. The van der Waals surface area contributed by atoms with Gasteiger partial charge in [-0.05, 0) is 69.9 Å². The minimum Gasteiger partial charge on any atom is -0.493 e. The first kappa shape index (κ1) is 21.9. The second kappa shape index (κ2) is 10.3. The number of amides is 1. The van der Waals surface area contributed by atoms with Crippen molar-refractivity contribution in [2.75, 3.05) is 12.4 Å². The zero-order valence-corrected chi connectivity index (χ0v) is 19.0. The van der Waals surface area contributed by atoms with Crippen LogP contribution in [-0.4, -0.2) is 13.0 Å². The second-order valence-corrected chi connectivity index (χ2v) is 7.88. The molecule has 0 unspecified atom stereocenters. The third kappa shape index (κ3) is 5.88. The molecule has 0 bridgehead atoms. The summed E-state index contributed by atoms with van der Waals surface area (Å²) in [7, 11) is 1.58. The Morgan fingerprint density at radius 3 is 2.63 bits per heavy atom. The molecule has 30 heavy (non-hydrogen) atoms. The van der Waals surface area contributed by atoms with Crippen molar-refractivity contribution in [1.82, 2.24) is 0 Å². The van der Waals surface area contributed by atoms with Gasteiger partial charge >= 0.3 is 0 Å². The van der Waals surface area contributed by atoms with Gasteiger partial charge in [0.2, 0.25) is 5.91 Å². The molecule has 0 atom stereocenters. The van der Waals surface area contributed by atoms with Gasteiger partial charge in [-0.15, -0.1) is 0 Å². The van der Waals surface area contributed by atoms with Gasteiger partial charge in [-0.25, -0.2) is 0 Å². The van der Waals surface area contributed by atoms with E-state index in [9.17, 15) is 4.79 Å². The highest BCUT2D eigenvalue weighted by molar-refractivity contribution is 9.10. The molecular formula is C24H21BrClNO3. The lowest BCUT2D eigenvalue weighted by Gasteiger charge is -2.13. The lowest BCUT2D eigenvalue weighted by Crippen LogP contribution is -2.08. The molecule has 0 heterocycles. The molecule has 1 amide bonds. The van der Waals surface area contributed by atoms with Crippen LogP contribution in [0.3, 0.4) is 0 Å². The van der Waals surface area contributed by atoms with E-state index in [4.69, 9.17) is 21.1 Å². The highest BCUT2D eigenvalue weighted by Gasteiger charge is 2.11. The van der Waals surface area contributed by atoms with Crippen LogP contribution in [0.2, 0.25) is 5.02 Å². The minimum absolute atomic E-state index is 0.250. The van der Waals surface area contributed by atoms with Crippen molar-refractivity contribution < 1.29 is 14.3 Å². The number of hydrogen-bond donors (Lipinski definition) is 1. The number of methoxy groups -OCH3 is 1. The van der Waals surface area contributed by atoms with Gasteiger partial charge in [0.1, 0.15) is 6.61 Å². The van der Waals surface area contributed by atoms with Gasteiger partial charge in [0.25, 0.3) is 0 Å². The Balaban J connectivity index is 1.72. The summed E-state index contributed by atoms with van der Waals surface area (Å²) in [5.41, 5.74) is 3.47. The molecule has 0 radical (unpaired) electrons. The summed E-state index contributed by atoms with van der Waals surface area (Å²) in [4.78, 5) is 12.3. The molecule has 0 fully saturated rings. The maximum Gasteiger partial charge on any atom is 0.248 e. The molecule has 0 aliphatic carbocycles. The Morgan fingerprint density at radius 1 is 1.13 bits per heavy atom. The standard InChI is InChI=1S/C24H21BrClNO3/c1-16-8-10-19(26)14-21(16)27-23(28)11-9-18-12-20(25)24(22(13-18)29-2)30-15-17-6-4-3-5-7-17/h3-14H,15H2,1-2H3,(H,27,28). The SMILES string of the molecule is COc1cc(C=CC(=O)Nc2cc(Cl)ccc2C)cc(Br)c1OCc1ccccc1. The Hall–Kier alpha value is -2.76. The van der Waals surface area contributed by atoms with E-state index in [-0.39, 0.29) is 5.91 Å². The monoisotopic (exact) mass is 485 g/mol. The number of benzene rings is 3. The van der Waals surface area contributed by atoms with Crippen molar-refractivity contribution in [3.05, 3.63) is 92.9 Å². The molecule has 3 aromatic rings. The van der Waals surface area contributed by atoms with Gasteiger partial charge < -0.3 is 14.8 Å². The normalized spacial score (nSPS) is 10.8. The number of aryl methyl sites for hydroxylation is 1. The maximum atomic E-state index is 12.3. The fraction of sp³-hybridized carbons (Fsp3) is 0.125. The number of carbonyl (C=O) groups is 1. The van der Waals surface area contributed by atoms with E-state index in [2.05, 4.69) is 21.2 Å². The Kier molecular flexibility index (Phi) is 7.55. The van der Waals surface area contributed by atoms with Crippen LogP contribution in [0, 0.1) is 6.92 Å². The summed E-state index contributed by atoms with van der Waals surface area (Å²) in [5.74, 6) is 0.934. The van der Waals surface area contributed by atoms with Crippen molar-refractivity contribution in [3.8, 4) is 11.5 Å². The molecule has 3 aromatic carbocycles. The number of anilines is 1. The fourth-order valence-corrected chi connectivity index (χ4v) is 3.53. The van der Waals surface area contributed by atoms with E-state index in [1.54, 1.807) is 25.3 Å². The summed E-state index contributed by atoms with van der Waals surface area (Å²) >= 11 is 9.54. The lowest BCUT2D eigenvalue weighted by molar-refractivity contribution is -0.111. The summed E-state index contributed by atoms with van der Waals surface area (Å²) in [6.07, 6.45) is 3.18. The van der Waals surface area contributed by atoms with Crippen molar-refractivity contribution in [2.45, 2.75) is 13.5 Å². The van der Waals surface area contributed by atoms with E-state index >= 15 is 0 Å². The van der Waals surface area contributed by atoms with Gasteiger partial charge in [0, 0.05) is 16.8 Å². The first-order valence-electron chi connectivity index (χ1n) is 9.25. The topological polar surface area (TPSA) is 47.6 Å². The molecule has 0 aliphatic heterocycles. The zero-order chi connectivity index (χ0) is 21.5. The van der Waals surface area contributed by atoms with E-state index < -0.39 is 0 Å². The second-order valence-electron chi connectivity index (χ2n) is 6.59. The van der Waals surface area contributed by atoms with Crippen LogP contribution >= 0.6 is 27.5 Å². The number of rotatable bonds is 7. The molecule has 154 valence electrons. The smallest absolute Gasteiger partial charge is 0.248 e. The highest BCUT2D eigenvalue weighted by Crippen LogP contribution is 2.37. The Labute approximate surface area is 189 Å². The van der Waals surface area contributed by atoms with Crippen LogP contribution in [0.1, 0.15) is 16.7 Å². The van der Waals surface area contributed by atoms with Crippen LogP contribution in [-0.2, 0) is 11.4 Å². The molecule has 0 saturated carbocycles. The van der Waals surface area contributed by atoms with Crippen LogP contribution in [0.15, 0.2) is 71.2 Å². The average molecular weight is 487 g/mol. The number of carbonyl (C=O) groups excluding carboxylic acids is 1. The molecule has 1 N–H and O–H groups in total. The number of ether oxygens (including phenoxy) is 2. The summed E-state index contributed by atoms with van der Waals surface area (Å²) < 4.78 is 12.2. The van der Waals surface area contributed by atoms with Gasteiger partial charge in [-0.3, -0.25) is 4.79 Å². The van der Waals surface area contributed by atoms with Gasteiger partial charge in [0.15, 0.2) is 11.5 Å². The van der Waals surface area contributed by atoms with E-state index in [1.165, 1.54) is 6.08 Å². The summed E-state index contributed by atoms with van der Waals surface area (Å²) in [6.45, 7) is 2.33. The van der Waals surface area contributed by atoms with Gasteiger partial charge in [0.05, 0.1) is 11.6 Å². The first-order valence-corrected chi connectivity index (χ1v) is 10.4. The van der Waals surface area contributed by atoms with Gasteiger partial charge in [-0.2, -0.15) is 0 Å². The van der Waals surface area contributed by atoms with Crippen LogP contribution in [0.4, 0.5) is 5.69 Å². The van der Waals surface area contributed by atoms with E-state index in [0.29, 0.717) is 28.8 Å². The maximum absolute atomic E-state index is 12.3. The largest absolute Gasteiger partial charge is 0.493 e. The zero-order valence-electron chi connectivity index (χ0n) is 16.6. The fourth-order valence-electron chi connectivity index (χ4n) is 2.78. The Morgan fingerprint density at radius 2 is 1.90 bits per heavy atom. The first-order chi connectivity index (χ1) is 14.5. The molecular weight excluding hydrogens is 466 g/mol. The Bertz CT molecular complexity index is 1070. The molecule has 0 spiro atoms. The number of hydrogen-bond acceptors (Lipinski definition) is 3. The van der Waals surface area contributed by atoms with Gasteiger partial charge in [-0.1, -0.05) is 48.0 Å². The van der Waals surface area contributed by atoms with Crippen molar-refractivity contribution in [3.63, 3.8) is 0 Å². The predicted molar refractivity (Wildman–Crippen MR) is 125 cm³/mol. The molecule has 6 heteroatoms. The number of halogens is 2. The average Bonchev–Trinajstić information content (AvgIpc) is 2.74. The quantitative estimate of drug-likeness (QED) is 0.380. The molecule has 0 saturated heterocycles. The predicted octanol–water partition coefficient (Wildman–Crippen LogP) is 6.65. The molecule has 4 nitrogen and oxygen atoms in total. The lowest BCUT2D eigenvalue weighted by atomic mass is 10.1.